The molecule has 0 fully saturated rings. The number of aromatic nitrogens is 3. The number of ether oxygens (including phenoxy) is 1. The van der Waals surface area contributed by atoms with E-state index in [0.717, 1.165) is 0 Å². The number of carbonyl (C=O) groups is 1. The number of hydrogen-bond donors (Lipinski definition) is 2. The normalized spacial score (nSPS) is 10.7. The molecule has 0 amide bonds. The largest absolute Gasteiger partial charge is 0.506 e. The summed E-state index contributed by atoms with van der Waals surface area (Å²) in [4.78, 5) is 19.2. The molecule has 7 heteroatoms. The van der Waals surface area contributed by atoms with Gasteiger partial charge in [-0.1, -0.05) is 0 Å². The van der Waals surface area contributed by atoms with Gasteiger partial charge < -0.3 is 14.9 Å². The van der Waals surface area contributed by atoms with E-state index in [1.54, 1.807) is 24.5 Å². The summed E-state index contributed by atoms with van der Waals surface area (Å²) in [6.07, 6.45) is 4.57. The smallest absolute Gasteiger partial charge is 0.356 e. The van der Waals surface area contributed by atoms with Gasteiger partial charge in [-0.3, -0.25) is 9.38 Å². The van der Waals surface area contributed by atoms with Crippen LogP contribution in [0, 0.1) is 0 Å². The minimum Gasteiger partial charge on any atom is -0.506 e. The highest BCUT2D eigenvalue weighted by Crippen LogP contribution is 2.19. The summed E-state index contributed by atoms with van der Waals surface area (Å²) in [5.74, 6) is -0.196. The maximum absolute atomic E-state index is 11.2. The number of carboxylic acid groups (broad SMARTS) is 1. The van der Waals surface area contributed by atoms with Crippen LogP contribution < -0.4 is 4.74 Å². The first-order chi connectivity index (χ1) is 10.1. The highest BCUT2D eigenvalue weighted by Gasteiger charge is 2.17. The van der Waals surface area contributed by atoms with Crippen molar-refractivity contribution < 1.29 is 19.7 Å². The van der Waals surface area contributed by atoms with Gasteiger partial charge in [0, 0.05) is 6.20 Å². The monoisotopic (exact) mass is 285 g/mol. The molecule has 0 spiro atoms. The van der Waals surface area contributed by atoms with E-state index >= 15 is 0 Å². The van der Waals surface area contributed by atoms with Crippen molar-refractivity contribution in [2.75, 3.05) is 0 Å². The quantitative estimate of drug-likeness (QED) is 0.757. The number of hydrogen-bond acceptors (Lipinski definition) is 5. The molecule has 2 N–H and O–H groups in total. The standard InChI is InChI=1S/C14H11N3O4/c18-9-3-4-11-13(14(19)20)16-12(17(11)7-9)8-21-10-2-1-5-15-6-10/h1-7,18H,8H2,(H,19,20). The van der Waals surface area contributed by atoms with E-state index in [2.05, 4.69) is 9.97 Å². The minimum atomic E-state index is -1.13. The second-order valence-electron chi connectivity index (χ2n) is 4.30. The maximum atomic E-state index is 11.2. The van der Waals surface area contributed by atoms with Gasteiger partial charge in [0.2, 0.25) is 0 Å². The van der Waals surface area contributed by atoms with E-state index in [0.29, 0.717) is 17.1 Å². The summed E-state index contributed by atoms with van der Waals surface area (Å²) in [6.45, 7) is 0.0591. The van der Waals surface area contributed by atoms with Gasteiger partial charge >= 0.3 is 5.97 Å². The maximum Gasteiger partial charge on any atom is 0.356 e. The second-order valence-corrected chi connectivity index (χ2v) is 4.30. The Labute approximate surface area is 119 Å². The minimum absolute atomic E-state index is 0.0134. The zero-order valence-corrected chi connectivity index (χ0v) is 10.8. The van der Waals surface area contributed by atoms with Crippen LogP contribution in [0.4, 0.5) is 0 Å². The van der Waals surface area contributed by atoms with Gasteiger partial charge in [-0.05, 0) is 24.3 Å². The molecule has 3 heterocycles. The van der Waals surface area contributed by atoms with Crippen LogP contribution in [0.5, 0.6) is 11.5 Å². The number of aromatic hydroxyl groups is 1. The van der Waals surface area contributed by atoms with Crippen molar-refractivity contribution in [1.29, 1.82) is 0 Å². The van der Waals surface area contributed by atoms with Crippen LogP contribution in [0.25, 0.3) is 5.52 Å². The number of pyridine rings is 2. The molecule has 0 aromatic carbocycles. The van der Waals surface area contributed by atoms with Crippen LogP contribution in [0.15, 0.2) is 42.9 Å². The lowest BCUT2D eigenvalue weighted by Crippen LogP contribution is -2.01. The zero-order valence-electron chi connectivity index (χ0n) is 10.8. The van der Waals surface area contributed by atoms with Crippen molar-refractivity contribution in [1.82, 2.24) is 14.4 Å². The van der Waals surface area contributed by atoms with Gasteiger partial charge in [-0.25, -0.2) is 9.78 Å². The highest BCUT2D eigenvalue weighted by molar-refractivity contribution is 5.93. The first-order valence-electron chi connectivity index (χ1n) is 6.11. The lowest BCUT2D eigenvalue weighted by molar-refractivity contribution is 0.0693. The molecule has 0 unspecified atom stereocenters. The molecule has 0 aliphatic carbocycles. The van der Waals surface area contributed by atoms with Crippen LogP contribution >= 0.6 is 0 Å². The van der Waals surface area contributed by atoms with E-state index in [-0.39, 0.29) is 18.1 Å². The van der Waals surface area contributed by atoms with Crippen molar-refractivity contribution >= 4 is 11.5 Å². The molecule has 0 aliphatic heterocycles. The van der Waals surface area contributed by atoms with E-state index < -0.39 is 5.97 Å². The van der Waals surface area contributed by atoms with Crippen molar-refractivity contribution in [3.63, 3.8) is 0 Å². The zero-order chi connectivity index (χ0) is 14.8. The van der Waals surface area contributed by atoms with E-state index in [4.69, 9.17) is 9.84 Å². The number of fused-ring (bicyclic) bond motifs is 1. The number of imidazole rings is 1. The Kier molecular flexibility index (Phi) is 3.15. The van der Waals surface area contributed by atoms with Crippen LogP contribution in [0.1, 0.15) is 16.3 Å². The van der Waals surface area contributed by atoms with Gasteiger partial charge in [0.1, 0.15) is 18.1 Å². The van der Waals surface area contributed by atoms with Crippen LogP contribution in [-0.4, -0.2) is 30.6 Å². The van der Waals surface area contributed by atoms with Crippen molar-refractivity contribution in [2.45, 2.75) is 6.61 Å². The Morgan fingerprint density at radius 2 is 2.19 bits per heavy atom. The molecular weight excluding hydrogens is 274 g/mol. The summed E-state index contributed by atoms with van der Waals surface area (Å²) >= 11 is 0. The summed E-state index contributed by atoms with van der Waals surface area (Å²) in [5.41, 5.74) is 0.310. The molecule has 0 atom stereocenters. The van der Waals surface area contributed by atoms with Gasteiger partial charge in [0.25, 0.3) is 0 Å². The molecule has 0 aliphatic rings. The molecule has 21 heavy (non-hydrogen) atoms. The average molecular weight is 285 g/mol. The molecule has 106 valence electrons. The Hall–Kier alpha value is -3.09. The third-order valence-corrected chi connectivity index (χ3v) is 2.90. The molecule has 0 bridgehead atoms. The lowest BCUT2D eigenvalue weighted by atomic mass is 10.3. The number of carboxylic acids is 1. The Bertz CT molecular complexity index is 799. The lowest BCUT2D eigenvalue weighted by Gasteiger charge is -2.05. The number of nitrogens with zero attached hydrogens (tertiary/aromatic N) is 3. The second kappa shape index (κ2) is 5.12. The molecule has 0 radical (unpaired) electrons. The highest BCUT2D eigenvalue weighted by atomic mass is 16.5. The molecule has 0 saturated carbocycles. The molecule has 3 aromatic heterocycles. The van der Waals surface area contributed by atoms with Crippen LogP contribution in [0.2, 0.25) is 0 Å². The van der Waals surface area contributed by atoms with Gasteiger partial charge in [-0.2, -0.15) is 0 Å². The molecule has 3 rings (SSSR count). The van der Waals surface area contributed by atoms with Crippen LogP contribution in [-0.2, 0) is 6.61 Å². The molecule has 0 saturated heterocycles. The van der Waals surface area contributed by atoms with E-state index in [9.17, 15) is 9.90 Å². The molecule has 7 nitrogen and oxygen atoms in total. The van der Waals surface area contributed by atoms with E-state index in [1.807, 2.05) is 0 Å². The first kappa shape index (κ1) is 12.9. The Balaban J connectivity index is 1.98. The van der Waals surface area contributed by atoms with E-state index in [1.165, 1.54) is 22.7 Å². The van der Waals surface area contributed by atoms with Gasteiger partial charge in [0.15, 0.2) is 11.5 Å². The fraction of sp³-hybridized carbons (Fsp3) is 0.0714. The van der Waals surface area contributed by atoms with Crippen molar-refractivity contribution in [2.24, 2.45) is 0 Å². The summed E-state index contributed by atoms with van der Waals surface area (Å²) in [6, 6.07) is 6.38. The Morgan fingerprint density at radius 3 is 2.90 bits per heavy atom. The third-order valence-electron chi connectivity index (χ3n) is 2.90. The molecule has 3 aromatic rings. The first-order valence-corrected chi connectivity index (χ1v) is 6.11. The Morgan fingerprint density at radius 1 is 1.33 bits per heavy atom. The predicted octanol–water partition coefficient (Wildman–Crippen LogP) is 1.71. The fourth-order valence-electron chi connectivity index (χ4n) is 1.98. The summed E-state index contributed by atoms with van der Waals surface area (Å²) in [5, 5.41) is 18.7. The number of aromatic carboxylic acids is 1. The van der Waals surface area contributed by atoms with Crippen molar-refractivity contribution in [3.8, 4) is 11.5 Å². The summed E-state index contributed by atoms with van der Waals surface area (Å²) < 4.78 is 7.01. The summed E-state index contributed by atoms with van der Waals surface area (Å²) in [7, 11) is 0. The fourth-order valence-corrected chi connectivity index (χ4v) is 1.98. The third kappa shape index (κ3) is 2.48. The number of rotatable bonds is 4. The van der Waals surface area contributed by atoms with Crippen LogP contribution in [0.3, 0.4) is 0 Å². The van der Waals surface area contributed by atoms with Gasteiger partial charge in [0.05, 0.1) is 17.9 Å². The predicted molar refractivity (Wildman–Crippen MR) is 72.4 cm³/mol. The topological polar surface area (TPSA) is 97.0 Å². The van der Waals surface area contributed by atoms with Crippen molar-refractivity contribution in [3.05, 3.63) is 54.4 Å². The average Bonchev–Trinajstić information content (AvgIpc) is 2.84. The molecular formula is C14H11N3O4. The SMILES string of the molecule is O=C(O)c1nc(COc2cccnc2)n2cc(O)ccc12. The van der Waals surface area contributed by atoms with Gasteiger partial charge in [-0.15, -0.1) is 0 Å².